The van der Waals surface area contributed by atoms with E-state index >= 15 is 0 Å². The normalized spacial score (nSPS) is 20.8. The van der Waals surface area contributed by atoms with Crippen LogP contribution in [0.5, 0.6) is 0 Å². The smallest absolute Gasteiger partial charge is 0.411 e. The van der Waals surface area contributed by atoms with E-state index in [0.29, 0.717) is 25.1 Å². The number of fused-ring (bicyclic) bond motifs is 5. The SMILES string of the molecule is CC(=NO)c1ccc2c(c1)N(C)c1cccc(C)c1[C@@H]1C[C@@H](NC(=O)C(F)(F)F)CCN21. The van der Waals surface area contributed by atoms with E-state index in [9.17, 15) is 23.2 Å². The molecule has 0 aliphatic carbocycles. The Hall–Kier alpha value is -3.23. The number of alkyl halides is 3. The molecular weight excluding hydrogens is 421 g/mol. The quantitative estimate of drug-likeness (QED) is 0.400. The van der Waals surface area contributed by atoms with Crippen molar-refractivity contribution in [3.63, 3.8) is 0 Å². The Balaban J connectivity index is 1.80. The van der Waals surface area contributed by atoms with E-state index in [1.54, 1.807) is 6.92 Å². The van der Waals surface area contributed by atoms with Crippen LogP contribution in [0.15, 0.2) is 41.6 Å². The number of carbonyl (C=O) groups is 1. The van der Waals surface area contributed by atoms with Gasteiger partial charge in [0.15, 0.2) is 0 Å². The van der Waals surface area contributed by atoms with E-state index in [4.69, 9.17) is 0 Å². The van der Waals surface area contributed by atoms with E-state index in [-0.39, 0.29) is 6.04 Å². The number of aryl methyl sites for hydroxylation is 1. The molecule has 4 rings (SSSR count). The number of hydrogen-bond acceptors (Lipinski definition) is 5. The third-order valence-electron chi connectivity index (χ3n) is 6.40. The molecule has 2 aromatic rings. The van der Waals surface area contributed by atoms with Gasteiger partial charge in [0, 0.05) is 36.4 Å². The highest BCUT2D eigenvalue weighted by Crippen LogP contribution is 2.49. The second-order valence-electron chi connectivity index (χ2n) is 8.36. The lowest BCUT2D eigenvalue weighted by Gasteiger charge is -2.41. The van der Waals surface area contributed by atoms with Crippen LogP contribution in [-0.2, 0) is 4.79 Å². The zero-order valence-electron chi connectivity index (χ0n) is 18.1. The number of oxime groups is 1. The third kappa shape index (κ3) is 3.76. The number of nitrogens with one attached hydrogen (secondary N) is 1. The lowest BCUT2D eigenvalue weighted by Crippen LogP contribution is -2.49. The van der Waals surface area contributed by atoms with Gasteiger partial charge in [-0.05, 0) is 50.5 Å². The Labute approximate surface area is 184 Å². The molecule has 2 N–H and O–H groups in total. The van der Waals surface area contributed by atoms with E-state index in [1.807, 2.05) is 50.4 Å². The summed E-state index contributed by atoms with van der Waals surface area (Å²) in [6.07, 6.45) is -4.13. The minimum atomic E-state index is -4.90. The van der Waals surface area contributed by atoms with Crippen molar-refractivity contribution in [1.82, 2.24) is 5.32 Å². The topological polar surface area (TPSA) is 68.2 Å². The molecule has 0 unspecified atom stereocenters. The molecule has 2 atom stereocenters. The van der Waals surface area contributed by atoms with E-state index < -0.39 is 18.1 Å². The molecule has 6 nitrogen and oxygen atoms in total. The lowest BCUT2D eigenvalue weighted by molar-refractivity contribution is -0.174. The van der Waals surface area contributed by atoms with E-state index in [1.165, 1.54) is 0 Å². The summed E-state index contributed by atoms with van der Waals surface area (Å²) < 4.78 is 38.5. The van der Waals surface area contributed by atoms with Gasteiger partial charge in [0.25, 0.3) is 0 Å². The van der Waals surface area contributed by atoms with Crippen LogP contribution in [0.1, 0.15) is 42.5 Å². The monoisotopic (exact) mass is 446 g/mol. The number of anilines is 3. The van der Waals surface area contributed by atoms with Gasteiger partial charge in [-0.15, -0.1) is 0 Å². The van der Waals surface area contributed by atoms with Crippen LogP contribution in [0.25, 0.3) is 0 Å². The summed E-state index contributed by atoms with van der Waals surface area (Å²) in [4.78, 5) is 15.8. The lowest BCUT2D eigenvalue weighted by atomic mass is 9.88. The Morgan fingerprint density at radius 1 is 1.19 bits per heavy atom. The number of benzene rings is 2. The third-order valence-corrected chi connectivity index (χ3v) is 6.40. The van der Waals surface area contributed by atoms with Crippen LogP contribution in [0.3, 0.4) is 0 Å². The summed E-state index contributed by atoms with van der Waals surface area (Å²) in [5.74, 6) is -1.89. The van der Waals surface area contributed by atoms with Gasteiger partial charge in [0.1, 0.15) is 0 Å². The van der Waals surface area contributed by atoms with Gasteiger partial charge in [0.2, 0.25) is 0 Å². The van der Waals surface area contributed by atoms with Crippen LogP contribution >= 0.6 is 0 Å². The van der Waals surface area contributed by atoms with Crippen LogP contribution in [0, 0.1) is 6.92 Å². The first-order valence-corrected chi connectivity index (χ1v) is 10.4. The van der Waals surface area contributed by atoms with Gasteiger partial charge in [-0.2, -0.15) is 13.2 Å². The number of carbonyl (C=O) groups excluding carboxylic acids is 1. The highest BCUT2D eigenvalue weighted by Gasteiger charge is 2.42. The Morgan fingerprint density at radius 3 is 2.62 bits per heavy atom. The van der Waals surface area contributed by atoms with Crippen molar-refractivity contribution in [2.45, 2.75) is 44.9 Å². The molecule has 2 heterocycles. The van der Waals surface area contributed by atoms with Crippen molar-refractivity contribution >= 4 is 28.7 Å². The van der Waals surface area contributed by atoms with Gasteiger partial charge in [0.05, 0.1) is 23.1 Å². The molecule has 0 radical (unpaired) electrons. The minimum absolute atomic E-state index is 0.194. The first-order valence-electron chi connectivity index (χ1n) is 10.4. The van der Waals surface area contributed by atoms with E-state index in [2.05, 4.69) is 20.3 Å². The van der Waals surface area contributed by atoms with E-state index in [0.717, 1.165) is 33.8 Å². The number of rotatable bonds is 2. The zero-order valence-corrected chi connectivity index (χ0v) is 18.1. The second-order valence-corrected chi connectivity index (χ2v) is 8.36. The maximum Gasteiger partial charge on any atom is 0.471 e. The van der Waals surface area contributed by atoms with Gasteiger partial charge < -0.3 is 20.3 Å². The van der Waals surface area contributed by atoms with Gasteiger partial charge >= 0.3 is 12.1 Å². The van der Waals surface area contributed by atoms with Crippen LogP contribution < -0.4 is 15.1 Å². The summed E-state index contributed by atoms with van der Waals surface area (Å²) in [6.45, 7) is 4.20. The Kier molecular flexibility index (Phi) is 5.52. The van der Waals surface area contributed by atoms with Gasteiger partial charge in [-0.3, -0.25) is 4.79 Å². The van der Waals surface area contributed by atoms with Crippen LogP contribution in [-0.4, -0.2) is 42.6 Å². The highest BCUT2D eigenvalue weighted by molar-refractivity contribution is 6.00. The van der Waals surface area contributed by atoms with Crippen molar-refractivity contribution < 1.29 is 23.2 Å². The summed E-state index contributed by atoms with van der Waals surface area (Å²) in [5.41, 5.74) is 6.15. The standard InChI is InChI=1S/C23H25F3N4O2/c1-13-5-4-6-18-21(13)20-12-16(27-22(31)23(24,25)26)9-10-30(20)17-8-7-15(14(2)28-32)11-19(17)29(18)3/h4-8,11,16,20,32H,9-10,12H2,1-3H3,(H,27,31)/t16-,20-/m0/s1. The molecule has 0 spiro atoms. The fourth-order valence-electron chi connectivity index (χ4n) is 4.76. The number of amides is 1. The number of hydrogen-bond donors (Lipinski definition) is 2. The first kappa shape index (κ1) is 22.0. The molecule has 0 saturated carbocycles. The maximum absolute atomic E-state index is 12.8. The van der Waals surface area contributed by atoms with Crippen molar-refractivity contribution in [2.75, 3.05) is 23.4 Å². The molecule has 2 aliphatic rings. The molecule has 2 aliphatic heterocycles. The molecule has 1 fully saturated rings. The van der Waals surface area contributed by atoms with Crippen molar-refractivity contribution in [3.8, 4) is 0 Å². The molecule has 1 saturated heterocycles. The molecular formula is C23H25F3N4O2. The molecule has 0 bridgehead atoms. The average molecular weight is 446 g/mol. The molecule has 1 amide bonds. The Bertz CT molecular complexity index is 1080. The molecule has 9 heteroatoms. The number of halogens is 3. The van der Waals surface area contributed by atoms with Crippen LogP contribution in [0.2, 0.25) is 0 Å². The fourth-order valence-corrected chi connectivity index (χ4v) is 4.76. The summed E-state index contributed by atoms with van der Waals surface area (Å²) >= 11 is 0. The maximum atomic E-state index is 12.8. The second kappa shape index (κ2) is 8.03. The highest BCUT2D eigenvalue weighted by atomic mass is 19.4. The van der Waals surface area contributed by atoms with Crippen molar-refractivity contribution in [1.29, 1.82) is 0 Å². The summed E-state index contributed by atoms with van der Waals surface area (Å²) in [5, 5.41) is 14.7. The number of piperidine rings is 1. The summed E-state index contributed by atoms with van der Waals surface area (Å²) in [6, 6.07) is 11.0. The molecule has 0 aromatic heterocycles. The van der Waals surface area contributed by atoms with Crippen LogP contribution in [0.4, 0.5) is 30.2 Å². The average Bonchev–Trinajstić information content (AvgIpc) is 2.86. The van der Waals surface area contributed by atoms with Gasteiger partial charge in [-0.1, -0.05) is 23.4 Å². The first-order chi connectivity index (χ1) is 15.1. The Morgan fingerprint density at radius 2 is 1.94 bits per heavy atom. The van der Waals surface area contributed by atoms with Crippen molar-refractivity contribution in [3.05, 3.63) is 53.1 Å². The predicted molar refractivity (Wildman–Crippen MR) is 117 cm³/mol. The number of nitrogens with zero attached hydrogens (tertiary/aromatic N) is 3. The fraction of sp³-hybridized carbons (Fsp3) is 0.391. The van der Waals surface area contributed by atoms with Gasteiger partial charge in [-0.25, -0.2) is 0 Å². The molecule has 170 valence electrons. The molecule has 2 aromatic carbocycles. The summed E-state index contributed by atoms with van der Waals surface area (Å²) in [7, 11) is 1.95. The molecule has 32 heavy (non-hydrogen) atoms. The minimum Gasteiger partial charge on any atom is -0.411 e. The van der Waals surface area contributed by atoms with Crippen molar-refractivity contribution in [2.24, 2.45) is 5.16 Å². The zero-order chi connectivity index (χ0) is 23.2. The largest absolute Gasteiger partial charge is 0.471 e. The predicted octanol–water partition coefficient (Wildman–Crippen LogP) is 4.66.